The van der Waals surface area contributed by atoms with Crippen molar-refractivity contribution in [1.29, 1.82) is 0 Å². The quantitative estimate of drug-likeness (QED) is 0.862. The molecule has 0 bridgehead atoms. The number of carbonyl (C=O) groups excluding carboxylic acids is 1. The lowest BCUT2D eigenvalue weighted by molar-refractivity contribution is -0.118. The number of anilines is 2. The molecule has 4 heteroatoms. The lowest BCUT2D eigenvalue weighted by atomic mass is 10.00. The number of fused-ring (bicyclic) bond motifs is 1. The van der Waals surface area contributed by atoms with Gasteiger partial charge >= 0.3 is 0 Å². The highest BCUT2D eigenvalue weighted by molar-refractivity contribution is 5.96. The minimum atomic E-state index is -0.316. The van der Waals surface area contributed by atoms with Gasteiger partial charge in [-0.2, -0.15) is 0 Å². The van der Waals surface area contributed by atoms with Gasteiger partial charge in [-0.25, -0.2) is 4.39 Å². The molecule has 2 aromatic rings. The summed E-state index contributed by atoms with van der Waals surface area (Å²) >= 11 is 0. The summed E-state index contributed by atoms with van der Waals surface area (Å²) in [5, 5.41) is 0. The van der Waals surface area contributed by atoms with Gasteiger partial charge in [0.05, 0.1) is 6.42 Å². The molecular weight excluding hydrogens is 267 g/mol. The van der Waals surface area contributed by atoms with Gasteiger partial charge in [0.25, 0.3) is 0 Å². The van der Waals surface area contributed by atoms with Crippen molar-refractivity contribution >= 4 is 17.3 Å². The minimum absolute atomic E-state index is 0.0212. The third kappa shape index (κ3) is 2.89. The summed E-state index contributed by atoms with van der Waals surface area (Å²) in [5.41, 5.74) is 9.20. The number of rotatable bonds is 2. The summed E-state index contributed by atoms with van der Waals surface area (Å²) in [4.78, 5) is 14.3. The third-order valence-corrected chi connectivity index (χ3v) is 3.77. The van der Waals surface area contributed by atoms with Crippen molar-refractivity contribution in [3.05, 3.63) is 59.4 Å². The molecule has 0 spiro atoms. The topological polar surface area (TPSA) is 46.3 Å². The fourth-order valence-corrected chi connectivity index (χ4v) is 2.77. The van der Waals surface area contributed by atoms with E-state index in [0.717, 1.165) is 24.1 Å². The highest BCUT2D eigenvalue weighted by atomic mass is 19.1. The Hall–Kier alpha value is -2.36. The zero-order chi connectivity index (χ0) is 14.8. The Bertz CT molecular complexity index is 684. The van der Waals surface area contributed by atoms with Gasteiger partial charge in [-0.3, -0.25) is 4.79 Å². The maximum Gasteiger partial charge on any atom is 0.231 e. The molecule has 0 atom stereocenters. The molecule has 1 amide bonds. The summed E-state index contributed by atoms with van der Waals surface area (Å²) in [5.74, 6) is -0.337. The van der Waals surface area contributed by atoms with Gasteiger partial charge in [-0.15, -0.1) is 0 Å². The minimum Gasteiger partial charge on any atom is -0.399 e. The molecular formula is C17H17FN2O. The molecule has 2 aromatic carbocycles. The van der Waals surface area contributed by atoms with E-state index >= 15 is 0 Å². The average Bonchev–Trinajstić information content (AvgIpc) is 2.46. The summed E-state index contributed by atoms with van der Waals surface area (Å²) in [6.45, 7) is 0.685. The second kappa shape index (κ2) is 5.56. The standard InChI is InChI=1S/C17H17FN2O/c18-14-5-1-3-12(9-14)10-17(21)20-8-2-4-13-6-7-15(19)11-16(13)20/h1,3,5-7,9,11H,2,4,8,10,19H2. The SMILES string of the molecule is Nc1ccc2c(c1)N(C(=O)Cc1cccc(F)c1)CCC2. The van der Waals surface area contributed by atoms with Crippen LogP contribution in [0, 0.1) is 5.82 Å². The first kappa shape index (κ1) is 13.6. The number of amides is 1. The molecule has 0 aromatic heterocycles. The fraction of sp³-hybridized carbons (Fsp3) is 0.235. The Morgan fingerprint density at radius 3 is 2.90 bits per heavy atom. The van der Waals surface area contributed by atoms with Crippen LogP contribution in [0.5, 0.6) is 0 Å². The Morgan fingerprint density at radius 2 is 2.10 bits per heavy atom. The number of nitrogens with zero attached hydrogens (tertiary/aromatic N) is 1. The molecule has 0 radical (unpaired) electrons. The monoisotopic (exact) mass is 284 g/mol. The van der Waals surface area contributed by atoms with E-state index in [9.17, 15) is 9.18 Å². The Labute approximate surface area is 123 Å². The highest BCUT2D eigenvalue weighted by Gasteiger charge is 2.22. The maximum atomic E-state index is 13.2. The summed E-state index contributed by atoms with van der Waals surface area (Å²) < 4.78 is 13.2. The number of hydrogen-bond acceptors (Lipinski definition) is 2. The van der Waals surface area contributed by atoms with Crippen LogP contribution in [0.3, 0.4) is 0 Å². The summed E-state index contributed by atoms with van der Waals surface area (Å²) in [7, 11) is 0. The van der Waals surface area contributed by atoms with Gasteiger partial charge < -0.3 is 10.6 Å². The number of benzene rings is 2. The molecule has 108 valence electrons. The zero-order valence-electron chi connectivity index (χ0n) is 11.7. The van der Waals surface area contributed by atoms with Crippen LogP contribution in [0.1, 0.15) is 17.5 Å². The maximum absolute atomic E-state index is 13.2. The lowest BCUT2D eigenvalue weighted by Crippen LogP contribution is -2.36. The fourth-order valence-electron chi connectivity index (χ4n) is 2.77. The molecule has 1 aliphatic heterocycles. The first-order valence-corrected chi connectivity index (χ1v) is 7.07. The van der Waals surface area contributed by atoms with E-state index in [4.69, 9.17) is 5.73 Å². The van der Waals surface area contributed by atoms with Crippen molar-refractivity contribution in [1.82, 2.24) is 0 Å². The van der Waals surface area contributed by atoms with Crippen LogP contribution in [0.2, 0.25) is 0 Å². The first-order chi connectivity index (χ1) is 10.1. The van der Waals surface area contributed by atoms with Crippen LogP contribution in [-0.4, -0.2) is 12.5 Å². The summed E-state index contributed by atoms with van der Waals surface area (Å²) in [6, 6.07) is 11.9. The van der Waals surface area contributed by atoms with Gasteiger partial charge in [0, 0.05) is 17.9 Å². The second-order valence-electron chi connectivity index (χ2n) is 5.34. The van der Waals surface area contributed by atoms with Crippen molar-refractivity contribution in [3.63, 3.8) is 0 Å². The van der Waals surface area contributed by atoms with E-state index in [1.165, 1.54) is 12.1 Å². The number of aryl methyl sites for hydroxylation is 1. The van der Waals surface area contributed by atoms with Crippen LogP contribution >= 0.6 is 0 Å². The lowest BCUT2D eigenvalue weighted by Gasteiger charge is -2.30. The van der Waals surface area contributed by atoms with E-state index in [1.54, 1.807) is 17.0 Å². The third-order valence-electron chi connectivity index (χ3n) is 3.77. The number of nitrogens with two attached hydrogens (primary N) is 1. The van der Waals surface area contributed by atoms with E-state index in [1.807, 2.05) is 18.2 Å². The Morgan fingerprint density at radius 1 is 1.24 bits per heavy atom. The number of nitrogen functional groups attached to an aromatic ring is 1. The Kier molecular flexibility index (Phi) is 3.60. The van der Waals surface area contributed by atoms with Crippen molar-refractivity contribution in [2.45, 2.75) is 19.3 Å². The number of carbonyl (C=O) groups is 1. The van der Waals surface area contributed by atoms with E-state index in [-0.39, 0.29) is 18.1 Å². The van der Waals surface area contributed by atoms with Gasteiger partial charge in [0.2, 0.25) is 5.91 Å². The first-order valence-electron chi connectivity index (χ1n) is 7.07. The van der Waals surface area contributed by atoms with Crippen LogP contribution in [-0.2, 0) is 17.6 Å². The Balaban J connectivity index is 1.85. The van der Waals surface area contributed by atoms with Crippen molar-refractivity contribution in [2.24, 2.45) is 0 Å². The van der Waals surface area contributed by atoms with Crippen LogP contribution in [0.4, 0.5) is 15.8 Å². The molecule has 1 aliphatic rings. The normalized spacial score (nSPS) is 13.9. The molecule has 0 saturated heterocycles. The molecule has 21 heavy (non-hydrogen) atoms. The van der Waals surface area contributed by atoms with Crippen molar-refractivity contribution < 1.29 is 9.18 Å². The number of hydrogen-bond donors (Lipinski definition) is 1. The van der Waals surface area contributed by atoms with Crippen molar-refractivity contribution in [2.75, 3.05) is 17.2 Å². The van der Waals surface area contributed by atoms with Crippen LogP contribution < -0.4 is 10.6 Å². The van der Waals surface area contributed by atoms with Gasteiger partial charge in [0.15, 0.2) is 0 Å². The van der Waals surface area contributed by atoms with E-state index < -0.39 is 0 Å². The predicted octanol–water partition coefficient (Wildman–Crippen LogP) is 2.93. The number of halogens is 1. The molecule has 3 nitrogen and oxygen atoms in total. The molecule has 0 unspecified atom stereocenters. The smallest absolute Gasteiger partial charge is 0.231 e. The summed E-state index contributed by atoms with van der Waals surface area (Å²) in [6.07, 6.45) is 2.09. The van der Waals surface area contributed by atoms with E-state index in [2.05, 4.69) is 0 Å². The molecule has 3 rings (SSSR count). The van der Waals surface area contributed by atoms with Crippen LogP contribution in [0.25, 0.3) is 0 Å². The largest absolute Gasteiger partial charge is 0.399 e. The molecule has 2 N–H and O–H groups in total. The second-order valence-corrected chi connectivity index (χ2v) is 5.34. The average molecular weight is 284 g/mol. The van der Waals surface area contributed by atoms with Gasteiger partial charge in [0.1, 0.15) is 5.82 Å². The molecule has 0 saturated carbocycles. The van der Waals surface area contributed by atoms with Gasteiger partial charge in [-0.1, -0.05) is 18.2 Å². The van der Waals surface area contributed by atoms with Gasteiger partial charge in [-0.05, 0) is 48.2 Å². The highest BCUT2D eigenvalue weighted by Crippen LogP contribution is 2.29. The van der Waals surface area contributed by atoms with Crippen molar-refractivity contribution in [3.8, 4) is 0 Å². The molecule has 0 fully saturated rings. The zero-order valence-corrected chi connectivity index (χ0v) is 11.7. The molecule has 0 aliphatic carbocycles. The van der Waals surface area contributed by atoms with E-state index in [0.29, 0.717) is 17.8 Å². The van der Waals surface area contributed by atoms with Crippen LogP contribution in [0.15, 0.2) is 42.5 Å². The predicted molar refractivity (Wildman–Crippen MR) is 81.6 cm³/mol. The molecule has 1 heterocycles.